The molecule has 2 aromatic rings. The first-order chi connectivity index (χ1) is 13.6. The lowest BCUT2D eigenvalue weighted by atomic mass is 10.1. The smallest absolute Gasteiger partial charge is 0.254 e. The topological polar surface area (TPSA) is 93.7 Å². The van der Waals surface area contributed by atoms with Gasteiger partial charge in [0.2, 0.25) is 10.0 Å². The number of hydrogen-bond acceptors (Lipinski definition) is 5. The van der Waals surface area contributed by atoms with E-state index in [2.05, 4.69) is 10.0 Å². The second kappa shape index (κ2) is 9.23. The Balaban J connectivity index is 2.30. The van der Waals surface area contributed by atoms with E-state index in [4.69, 9.17) is 9.47 Å². The van der Waals surface area contributed by atoms with Gasteiger partial charge >= 0.3 is 0 Å². The molecule has 158 valence electrons. The maximum Gasteiger partial charge on any atom is 0.254 e. The Hall–Kier alpha value is -2.65. The van der Waals surface area contributed by atoms with E-state index in [0.717, 1.165) is 18.2 Å². The summed E-state index contributed by atoms with van der Waals surface area (Å²) in [6.07, 6.45) is 0. The SMILES string of the molecule is COc1ccc(C(C)NC(=O)c2cc(S(=O)(=O)NC(C)C)ccc2F)c(OC)c1. The molecule has 0 fully saturated rings. The number of nitrogens with one attached hydrogen (secondary N) is 2. The van der Waals surface area contributed by atoms with Crippen molar-refractivity contribution in [1.29, 1.82) is 0 Å². The maximum atomic E-state index is 14.3. The van der Waals surface area contributed by atoms with Gasteiger partial charge in [0, 0.05) is 17.7 Å². The van der Waals surface area contributed by atoms with Crippen molar-refractivity contribution in [3.8, 4) is 11.5 Å². The minimum absolute atomic E-state index is 0.188. The lowest BCUT2D eigenvalue weighted by Crippen LogP contribution is -2.31. The second-order valence-electron chi connectivity index (χ2n) is 6.72. The Kier molecular flexibility index (Phi) is 7.21. The molecule has 0 bridgehead atoms. The number of amides is 1. The molecule has 0 aliphatic carbocycles. The van der Waals surface area contributed by atoms with Gasteiger partial charge in [0.25, 0.3) is 5.91 Å². The second-order valence-corrected chi connectivity index (χ2v) is 8.43. The third kappa shape index (κ3) is 5.45. The number of carbonyl (C=O) groups is 1. The van der Waals surface area contributed by atoms with Crippen molar-refractivity contribution < 1.29 is 27.1 Å². The maximum absolute atomic E-state index is 14.3. The third-order valence-electron chi connectivity index (χ3n) is 4.14. The quantitative estimate of drug-likeness (QED) is 0.679. The summed E-state index contributed by atoms with van der Waals surface area (Å²) in [4.78, 5) is 12.5. The first-order valence-electron chi connectivity index (χ1n) is 8.93. The summed E-state index contributed by atoms with van der Waals surface area (Å²) in [5.41, 5.74) is 0.295. The van der Waals surface area contributed by atoms with E-state index >= 15 is 0 Å². The average Bonchev–Trinajstić information content (AvgIpc) is 2.66. The lowest BCUT2D eigenvalue weighted by molar-refractivity contribution is 0.0935. The fourth-order valence-electron chi connectivity index (χ4n) is 2.75. The molecular weight excluding hydrogens is 399 g/mol. The van der Waals surface area contributed by atoms with E-state index < -0.39 is 27.8 Å². The molecule has 2 aromatic carbocycles. The molecule has 29 heavy (non-hydrogen) atoms. The van der Waals surface area contributed by atoms with Crippen LogP contribution in [-0.4, -0.2) is 34.6 Å². The molecule has 0 aromatic heterocycles. The van der Waals surface area contributed by atoms with Gasteiger partial charge in [0.1, 0.15) is 17.3 Å². The molecular formula is C20H25FN2O5S. The minimum atomic E-state index is -3.86. The zero-order valence-corrected chi connectivity index (χ0v) is 17.8. The summed E-state index contributed by atoms with van der Waals surface area (Å²) in [6.45, 7) is 5.04. The van der Waals surface area contributed by atoms with Crippen LogP contribution in [0.2, 0.25) is 0 Å². The highest BCUT2D eigenvalue weighted by atomic mass is 32.2. The highest BCUT2D eigenvalue weighted by Crippen LogP contribution is 2.29. The van der Waals surface area contributed by atoms with Gasteiger partial charge in [-0.2, -0.15) is 0 Å². The predicted molar refractivity (Wildman–Crippen MR) is 107 cm³/mol. The van der Waals surface area contributed by atoms with Gasteiger partial charge in [-0.25, -0.2) is 17.5 Å². The van der Waals surface area contributed by atoms with Crippen molar-refractivity contribution in [3.05, 3.63) is 53.3 Å². The van der Waals surface area contributed by atoms with E-state index in [9.17, 15) is 17.6 Å². The molecule has 0 spiro atoms. The van der Waals surface area contributed by atoms with Crippen LogP contribution < -0.4 is 19.5 Å². The Morgan fingerprint density at radius 2 is 1.72 bits per heavy atom. The standard InChI is InChI=1S/C20H25FN2O5S/c1-12(2)23-29(25,26)15-7-9-18(21)17(11-15)20(24)22-13(3)16-8-6-14(27-4)10-19(16)28-5/h6-13,23H,1-5H3,(H,22,24). The highest BCUT2D eigenvalue weighted by molar-refractivity contribution is 7.89. The molecule has 0 saturated carbocycles. The molecule has 0 heterocycles. The number of carbonyl (C=O) groups excluding carboxylic acids is 1. The number of hydrogen-bond donors (Lipinski definition) is 2. The minimum Gasteiger partial charge on any atom is -0.497 e. The average molecular weight is 424 g/mol. The van der Waals surface area contributed by atoms with E-state index in [1.165, 1.54) is 14.2 Å². The van der Waals surface area contributed by atoms with E-state index in [1.807, 2.05) is 0 Å². The largest absolute Gasteiger partial charge is 0.497 e. The van der Waals surface area contributed by atoms with Crippen LogP contribution in [-0.2, 0) is 10.0 Å². The lowest BCUT2D eigenvalue weighted by Gasteiger charge is -2.18. The Morgan fingerprint density at radius 3 is 2.31 bits per heavy atom. The van der Waals surface area contributed by atoms with Crippen LogP contribution in [0.25, 0.3) is 0 Å². The third-order valence-corrected chi connectivity index (χ3v) is 5.79. The number of ether oxygens (including phenoxy) is 2. The molecule has 0 aliphatic heterocycles. The summed E-state index contributed by atoms with van der Waals surface area (Å²) in [6, 6.07) is 7.34. The molecule has 7 nitrogen and oxygen atoms in total. The molecule has 2 rings (SSSR count). The first-order valence-corrected chi connectivity index (χ1v) is 10.4. The number of methoxy groups -OCH3 is 2. The molecule has 0 radical (unpaired) electrons. The van der Waals surface area contributed by atoms with Crippen LogP contribution in [0.5, 0.6) is 11.5 Å². The van der Waals surface area contributed by atoms with Crippen molar-refractivity contribution >= 4 is 15.9 Å². The van der Waals surface area contributed by atoms with Crippen LogP contribution in [0, 0.1) is 5.82 Å². The zero-order valence-electron chi connectivity index (χ0n) is 16.9. The Morgan fingerprint density at radius 1 is 1.03 bits per heavy atom. The predicted octanol–water partition coefficient (Wildman–Crippen LogP) is 3.02. The van der Waals surface area contributed by atoms with Gasteiger partial charge in [-0.1, -0.05) is 0 Å². The molecule has 9 heteroatoms. The van der Waals surface area contributed by atoms with Gasteiger partial charge in [0.15, 0.2) is 0 Å². The van der Waals surface area contributed by atoms with Crippen LogP contribution >= 0.6 is 0 Å². The van der Waals surface area contributed by atoms with Crippen LogP contribution in [0.1, 0.15) is 42.7 Å². The summed E-state index contributed by atoms with van der Waals surface area (Å²) in [5, 5.41) is 2.67. The highest BCUT2D eigenvalue weighted by Gasteiger charge is 2.22. The van der Waals surface area contributed by atoms with E-state index in [0.29, 0.717) is 17.1 Å². The number of sulfonamides is 1. The summed E-state index contributed by atoms with van der Waals surface area (Å²) >= 11 is 0. The van der Waals surface area contributed by atoms with Gasteiger partial charge in [-0.15, -0.1) is 0 Å². The Bertz CT molecular complexity index is 992. The summed E-state index contributed by atoms with van der Waals surface area (Å²) in [5.74, 6) is -0.477. The Labute approximate surface area is 170 Å². The molecule has 0 aliphatic rings. The molecule has 2 N–H and O–H groups in total. The van der Waals surface area contributed by atoms with Crippen molar-refractivity contribution in [1.82, 2.24) is 10.0 Å². The molecule has 0 saturated heterocycles. The van der Waals surface area contributed by atoms with Gasteiger partial charge < -0.3 is 14.8 Å². The molecule has 1 atom stereocenters. The van der Waals surface area contributed by atoms with Crippen LogP contribution in [0.15, 0.2) is 41.3 Å². The van der Waals surface area contributed by atoms with Crippen molar-refractivity contribution in [2.45, 2.75) is 37.8 Å². The zero-order chi connectivity index (χ0) is 21.8. The van der Waals surface area contributed by atoms with Gasteiger partial charge in [-0.05, 0) is 51.1 Å². The van der Waals surface area contributed by atoms with E-state index in [-0.39, 0.29) is 16.5 Å². The molecule has 1 amide bonds. The van der Waals surface area contributed by atoms with Crippen LogP contribution in [0.3, 0.4) is 0 Å². The van der Waals surface area contributed by atoms with Crippen molar-refractivity contribution in [2.75, 3.05) is 14.2 Å². The summed E-state index contributed by atoms with van der Waals surface area (Å²) in [7, 11) is -0.848. The van der Waals surface area contributed by atoms with Gasteiger partial charge in [-0.3, -0.25) is 4.79 Å². The van der Waals surface area contributed by atoms with Gasteiger partial charge in [0.05, 0.1) is 30.7 Å². The van der Waals surface area contributed by atoms with E-state index in [1.54, 1.807) is 39.0 Å². The molecule has 1 unspecified atom stereocenters. The number of benzene rings is 2. The monoisotopic (exact) mass is 424 g/mol. The fraction of sp³-hybridized carbons (Fsp3) is 0.350. The summed E-state index contributed by atoms with van der Waals surface area (Å²) < 4.78 is 51.8. The normalized spacial score (nSPS) is 12.5. The van der Waals surface area contributed by atoms with Crippen molar-refractivity contribution in [2.24, 2.45) is 0 Å². The number of rotatable bonds is 8. The first kappa shape index (κ1) is 22.6. The van der Waals surface area contributed by atoms with Crippen molar-refractivity contribution in [3.63, 3.8) is 0 Å². The van der Waals surface area contributed by atoms with Crippen LogP contribution in [0.4, 0.5) is 4.39 Å². The number of halogens is 1. The fourth-order valence-corrected chi connectivity index (χ4v) is 4.03.